The minimum absolute atomic E-state index is 0.0519. The highest BCUT2D eigenvalue weighted by molar-refractivity contribution is 5.72. The van der Waals surface area contributed by atoms with Crippen molar-refractivity contribution in [2.45, 2.75) is 25.2 Å². The number of carboxylic acids is 1. The summed E-state index contributed by atoms with van der Waals surface area (Å²) >= 11 is 0. The molecule has 6 N–H and O–H groups in total. The molecule has 0 saturated carbocycles. The Morgan fingerprint density at radius 2 is 2.00 bits per heavy atom. The van der Waals surface area contributed by atoms with Crippen molar-refractivity contribution in [3.63, 3.8) is 0 Å². The molecule has 0 aromatic rings. The van der Waals surface area contributed by atoms with Crippen LogP contribution in [-0.2, 0) is 4.79 Å². The fourth-order valence-corrected chi connectivity index (χ4v) is 1.04. The van der Waals surface area contributed by atoms with E-state index < -0.39 is 12.0 Å². The number of nitrogens with two attached hydrogens (primary N) is 1. The van der Waals surface area contributed by atoms with Crippen LogP contribution < -0.4 is 21.7 Å². The fourth-order valence-electron chi connectivity index (χ4n) is 1.04. The lowest BCUT2D eigenvalue weighted by Gasteiger charge is -2.17. The van der Waals surface area contributed by atoms with Crippen molar-refractivity contribution in [3.8, 4) is 0 Å². The van der Waals surface area contributed by atoms with Crippen LogP contribution in [0.15, 0.2) is 0 Å². The van der Waals surface area contributed by atoms with Crippen molar-refractivity contribution in [2.75, 3.05) is 20.6 Å². The van der Waals surface area contributed by atoms with E-state index in [1.54, 1.807) is 0 Å². The lowest BCUT2D eigenvalue weighted by molar-refractivity contribution is -0.138. The molecule has 0 rings (SSSR count). The van der Waals surface area contributed by atoms with Gasteiger partial charge in [0.15, 0.2) is 0 Å². The summed E-state index contributed by atoms with van der Waals surface area (Å²) in [4.78, 5) is 10.4. The van der Waals surface area contributed by atoms with Gasteiger partial charge in [0.05, 0.1) is 0 Å². The molecular weight excluding hydrogens is 184 g/mol. The predicted octanol–water partition coefficient (Wildman–Crippen LogP) is -1.51. The van der Waals surface area contributed by atoms with E-state index in [4.69, 9.17) is 10.8 Å². The molecule has 6 heteroatoms. The monoisotopic (exact) mass is 204 g/mol. The van der Waals surface area contributed by atoms with Gasteiger partial charge >= 0.3 is 5.97 Å². The van der Waals surface area contributed by atoms with Crippen molar-refractivity contribution in [1.29, 1.82) is 0 Å². The van der Waals surface area contributed by atoms with Crippen LogP contribution >= 0.6 is 0 Å². The van der Waals surface area contributed by atoms with Gasteiger partial charge < -0.3 is 10.8 Å². The second-order valence-electron chi connectivity index (χ2n) is 3.05. The molecule has 0 aliphatic rings. The largest absolute Gasteiger partial charge is 0.480 e. The molecule has 1 unspecified atom stereocenters. The van der Waals surface area contributed by atoms with Crippen molar-refractivity contribution in [2.24, 2.45) is 5.73 Å². The van der Waals surface area contributed by atoms with E-state index in [0.717, 1.165) is 13.0 Å². The molecule has 0 saturated heterocycles. The molecule has 84 valence electrons. The van der Waals surface area contributed by atoms with E-state index >= 15 is 0 Å². The van der Waals surface area contributed by atoms with E-state index in [9.17, 15) is 4.79 Å². The Bertz CT molecular complexity index is 161. The summed E-state index contributed by atoms with van der Waals surface area (Å²) in [6, 6.07) is -0.751. The highest BCUT2D eigenvalue weighted by Gasteiger charge is 2.10. The Morgan fingerprint density at radius 3 is 2.43 bits per heavy atom. The maximum absolute atomic E-state index is 10.4. The van der Waals surface area contributed by atoms with E-state index in [1.807, 2.05) is 14.1 Å². The molecule has 0 heterocycles. The Balaban J connectivity index is 3.41. The lowest BCUT2D eigenvalue weighted by Crippen LogP contribution is -2.50. The molecule has 0 aliphatic carbocycles. The first kappa shape index (κ1) is 13.3. The number of aliphatic carboxylic acids is 1. The molecule has 0 amide bonds. The van der Waals surface area contributed by atoms with Crippen LogP contribution in [0.1, 0.15) is 12.8 Å². The van der Waals surface area contributed by atoms with Gasteiger partial charge in [-0.25, -0.2) is 0 Å². The molecule has 0 aliphatic heterocycles. The average Bonchev–Trinajstić information content (AvgIpc) is 2.17. The van der Waals surface area contributed by atoms with Gasteiger partial charge in [-0.2, -0.15) is 0 Å². The molecule has 0 bridgehead atoms. The number of carbonyl (C=O) groups is 1. The summed E-state index contributed by atoms with van der Waals surface area (Å²) in [6.07, 6.45) is 1.28. The van der Waals surface area contributed by atoms with Crippen LogP contribution in [0, 0.1) is 0 Å². The highest BCUT2D eigenvalue weighted by Crippen LogP contribution is 1.92. The maximum atomic E-state index is 10.4. The van der Waals surface area contributed by atoms with Crippen LogP contribution in [0.3, 0.4) is 0 Å². The van der Waals surface area contributed by atoms with Gasteiger partial charge in [0.1, 0.15) is 12.3 Å². The summed E-state index contributed by atoms with van der Waals surface area (Å²) < 4.78 is 0. The van der Waals surface area contributed by atoms with Gasteiger partial charge in [-0.3, -0.25) is 20.7 Å². The summed E-state index contributed by atoms with van der Waals surface area (Å²) in [5.41, 5.74) is 5.34. The topological polar surface area (TPSA) is 99.4 Å². The predicted molar refractivity (Wildman–Crippen MR) is 54.8 cm³/mol. The van der Waals surface area contributed by atoms with Gasteiger partial charge in [0, 0.05) is 0 Å². The fraction of sp³-hybridized carbons (Fsp3) is 0.875. The smallest absolute Gasteiger partial charge is 0.320 e. The van der Waals surface area contributed by atoms with Crippen molar-refractivity contribution in [3.05, 3.63) is 0 Å². The number of hydrogen-bond donors (Lipinski definition) is 5. The van der Waals surface area contributed by atoms with Crippen molar-refractivity contribution < 1.29 is 9.90 Å². The summed E-state index contributed by atoms with van der Waals surface area (Å²) in [6.45, 7) is 0.729. The van der Waals surface area contributed by atoms with Crippen LogP contribution in [0.5, 0.6) is 0 Å². The second kappa shape index (κ2) is 7.69. The minimum Gasteiger partial charge on any atom is -0.480 e. The lowest BCUT2D eigenvalue weighted by atomic mass is 10.2. The van der Waals surface area contributed by atoms with Gasteiger partial charge in [0.2, 0.25) is 0 Å². The van der Waals surface area contributed by atoms with Crippen LogP contribution in [0.4, 0.5) is 0 Å². The van der Waals surface area contributed by atoms with Crippen LogP contribution in [-0.4, -0.2) is 44.0 Å². The van der Waals surface area contributed by atoms with Gasteiger partial charge in [-0.05, 0) is 33.5 Å². The SMILES string of the molecule is CNC(NC)NCCCC(N)C(=O)O. The summed E-state index contributed by atoms with van der Waals surface area (Å²) in [5, 5.41) is 17.6. The second-order valence-corrected chi connectivity index (χ2v) is 3.05. The number of nitrogens with one attached hydrogen (secondary N) is 3. The van der Waals surface area contributed by atoms with Gasteiger partial charge in [-0.15, -0.1) is 0 Å². The Morgan fingerprint density at radius 1 is 1.43 bits per heavy atom. The average molecular weight is 204 g/mol. The Labute approximate surface area is 84.2 Å². The number of carboxylic acid groups (broad SMARTS) is 1. The molecule has 0 aromatic carbocycles. The highest BCUT2D eigenvalue weighted by atomic mass is 16.4. The maximum Gasteiger partial charge on any atom is 0.320 e. The quantitative estimate of drug-likeness (QED) is 0.243. The first-order valence-corrected chi connectivity index (χ1v) is 4.68. The number of rotatable bonds is 8. The molecule has 14 heavy (non-hydrogen) atoms. The molecule has 1 atom stereocenters. The zero-order valence-electron chi connectivity index (χ0n) is 8.71. The van der Waals surface area contributed by atoms with Gasteiger partial charge in [0.25, 0.3) is 0 Å². The number of hydrogen-bond acceptors (Lipinski definition) is 5. The Kier molecular flexibility index (Phi) is 7.31. The first-order chi connectivity index (χ1) is 6.61. The molecule has 0 radical (unpaired) electrons. The van der Waals surface area contributed by atoms with Crippen molar-refractivity contribution >= 4 is 5.97 Å². The van der Waals surface area contributed by atoms with E-state index in [2.05, 4.69) is 16.0 Å². The molecule has 6 nitrogen and oxygen atoms in total. The molecule has 0 fully saturated rings. The third-order valence-corrected chi connectivity index (χ3v) is 1.93. The standard InChI is InChI=1S/C8H20N4O2/c1-10-8(11-2)12-5-3-4-6(9)7(13)14/h6,8,10-12H,3-5,9H2,1-2H3,(H,13,14). The zero-order chi connectivity index (χ0) is 11.0. The summed E-state index contributed by atoms with van der Waals surface area (Å²) in [5.74, 6) is -0.941. The molecule has 0 aromatic heterocycles. The van der Waals surface area contributed by atoms with Crippen molar-refractivity contribution in [1.82, 2.24) is 16.0 Å². The molecular formula is C8H20N4O2. The minimum atomic E-state index is -0.941. The van der Waals surface area contributed by atoms with E-state index in [-0.39, 0.29) is 6.29 Å². The molecule has 0 spiro atoms. The Hall–Kier alpha value is -0.690. The van der Waals surface area contributed by atoms with Gasteiger partial charge in [-0.1, -0.05) is 0 Å². The van der Waals surface area contributed by atoms with E-state index in [0.29, 0.717) is 6.42 Å². The van der Waals surface area contributed by atoms with Crippen LogP contribution in [0.2, 0.25) is 0 Å². The third-order valence-electron chi connectivity index (χ3n) is 1.93. The van der Waals surface area contributed by atoms with E-state index in [1.165, 1.54) is 0 Å². The third kappa shape index (κ3) is 5.87. The first-order valence-electron chi connectivity index (χ1n) is 4.68. The normalized spacial score (nSPS) is 13.1. The van der Waals surface area contributed by atoms with Crippen LogP contribution in [0.25, 0.3) is 0 Å². The zero-order valence-corrected chi connectivity index (χ0v) is 8.71. The summed E-state index contributed by atoms with van der Waals surface area (Å²) in [7, 11) is 3.66.